The molecule has 0 radical (unpaired) electrons. The van der Waals surface area contributed by atoms with Gasteiger partial charge in [0.05, 0.1) is 6.61 Å². The minimum absolute atomic E-state index is 0.0113. The second-order valence-electron chi connectivity index (χ2n) is 7.27. The van der Waals surface area contributed by atoms with Gasteiger partial charge in [0.2, 0.25) is 0 Å². The number of hydrogen-bond acceptors (Lipinski definition) is 4. The molecule has 8 heteroatoms. The molecule has 0 saturated carbocycles. The van der Waals surface area contributed by atoms with Gasteiger partial charge in [-0.3, -0.25) is 9.59 Å². The molecule has 0 heterocycles. The Balaban J connectivity index is 2.66. The molecule has 0 bridgehead atoms. The maximum absolute atomic E-state index is 13.5. The summed E-state index contributed by atoms with van der Waals surface area (Å²) in [6.07, 6.45) is 2.97. The molecule has 2 aromatic carbocycles. The first-order valence-corrected chi connectivity index (χ1v) is 11.0. The molecule has 166 valence electrons. The van der Waals surface area contributed by atoms with E-state index >= 15 is 0 Å². The molecule has 2 aromatic rings. The summed E-state index contributed by atoms with van der Waals surface area (Å²) in [5.41, 5.74) is -0.399. The van der Waals surface area contributed by atoms with Crippen molar-refractivity contribution in [2.24, 2.45) is 5.41 Å². The molecule has 0 spiro atoms. The molecule has 0 amide bonds. The molecule has 4 nitrogen and oxygen atoms in total. The van der Waals surface area contributed by atoms with Crippen LogP contribution in [-0.2, 0) is 27.2 Å². The summed E-state index contributed by atoms with van der Waals surface area (Å²) < 4.78 is 5.36. The van der Waals surface area contributed by atoms with E-state index in [4.69, 9.17) is 51.1 Å². The van der Waals surface area contributed by atoms with E-state index in [2.05, 4.69) is 0 Å². The second kappa shape index (κ2) is 11.2. The van der Waals surface area contributed by atoms with Crippen LogP contribution in [0.25, 0.3) is 0 Å². The summed E-state index contributed by atoms with van der Waals surface area (Å²) in [6, 6.07) is 9.87. The average molecular weight is 503 g/mol. The Hall–Kier alpha value is -1.72. The number of carbonyl (C=O) groups excluding carboxylic acids is 2. The highest BCUT2D eigenvalue weighted by atomic mass is 35.5. The monoisotopic (exact) mass is 501 g/mol. The zero-order valence-electron chi connectivity index (χ0n) is 17.4. The summed E-state index contributed by atoms with van der Waals surface area (Å²) in [5.74, 6) is -1.07. The highest BCUT2D eigenvalue weighted by Gasteiger charge is 2.47. The van der Waals surface area contributed by atoms with Gasteiger partial charge in [-0.1, -0.05) is 58.5 Å². The summed E-state index contributed by atoms with van der Waals surface area (Å²) in [5, 5.41) is 1.62. The van der Waals surface area contributed by atoms with E-state index in [1.807, 2.05) is 0 Å². The lowest BCUT2D eigenvalue weighted by Crippen LogP contribution is -2.44. The number of allylic oxidation sites excluding steroid dienone is 1. The Morgan fingerprint density at radius 1 is 0.935 bits per heavy atom. The number of carbonyl (C=O) groups is 2. The first-order chi connectivity index (χ1) is 14.6. The number of benzene rings is 2. The maximum Gasteiger partial charge on any atom is 0.320 e. The largest absolute Gasteiger partial charge is 0.465 e. The number of halogens is 4. The van der Waals surface area contributed by atoms with Crippen molar-refractivity contribution in [1.82, 2.24) is 4.90 Å². The predicted molar refractivity (Wildman–Crippen MR) is 127 cm³/mol. The average Bonchev–Trinajstić information content (AvgIpc) is 2.69. The molecule has 2 rings (SSSR count). The van der Waals surface area contributed by atoms with Crippen LogP contribution in [0.2, 0.25) is 20.1 Å². The van der Waals surface area contributed by atoms with Gasteiger partial charge in [-0.25, -0.2) is 0 Å². The van der Waals surface area contributed by atoms with Crippen molar-refractivity contribution in [3.05, 3.63) is 79.9 Å². The first-order valence-electron chi connectivity index (χ1n) is 9.53. The highest BCUT2D eigenvalue weighted by molar-refractivity contribution is 6.35. The Bertz CT molecular complexity index is 935. The van der Waals surface area contributed by atoms with Crippen molar-refractivity contribution >= 4 is 58.2 Å². The van der Waals surface area contributed by atoms with Crippen molar-refractivity contribution in [3.8, 4) is 0 Å². The normalized spacial score (nSPS) is 11.6. The standard InChI is InChI=1S/C23H23Cl4NO3/c1-4-31-22(30)23(21(29)9-10-28(2)3,13-15-5-7-17(24)11-19(15)26)14-16-6-8-18(25)12-20(16)27/h5-12H,4,13-14H2,1-3H3/b10-9-. The number of nitrogens with zero attached hydrogens (tertiary/aromatic N) is 1. The molecule has 0 aromatic heterocycles. The fourth-order valence-corrected chi connectivity index (χ4v) is 4.06. The number of ketones is 1. The van der Waals surface area contributed by atoms with Gasteiger partial charge in [-0.05, 0) is 61.2 Å². The van der Waals surface area contributed by atoms with E-state index in [0.29, 0.717) is 31.2 Å². The summed E-state index contributed by atoms with van der Waals surface area (Å²) in [7, 11) is 3.56. The molecule has 0 aliphatic heterocycles. The van der Waals surface area contributed by atoms with E-state index in [-0.39, 0.29) is 19.4 Å². The van der Waals surface area contributed by atoms with Gasteiger partial charge >= 0.3 is 5.97 Å². The number of ether oxygens (including phenoxy) is 1. The number of hydrogen-bond donors (Lipinski definition) is 0. The van der Waals surface area contributed by atoms with Crippen LogP contribution in [0.5, 0.6) is 0 Å². The van der Waals surface area contributed by atoms with Crippen LogP contribution in [0.15, 0.2) is 48.7 Å². The highest BCUT2D eigenvalue weighted by Crippen LogP contribution is 2.37. The van der Waals surface area contributed by atoms with E-state index in [1.54, 1.807) is 68.5 Å². The van der Waals surface area contributed by atoms with E-state index < -0.39 is 17.2 Å². The van der Waals surface area contributed by atoms with Crippen LogP contribution in [0.1, 0.15) is 18.1 Å². The van der Waals surface area contributed by atoms with E-state index in [9.17, 15) is 9.59 Å². The van der Waals surface area contributed by atoms with Gasteiger partial charge < -0.3 is 9.64 Å². The zero-order valence-corrected chi connectivity index (χ0v) is 20.4. The van der Waals surface area contributed by atoms with Crippen molar-refractivity contribution in [3.63, 3.8) is 0 Å². The smallest absolute Gasteiger partial charge is 0.320 e. The lowest BCUT2D eigenvalue weighted by molar-refractivity contribution is -0.158. The molecule has 0 N–H and O–H groups in total. The van der Waals surface area contributed by atoms with Gasteiger partial charge in [0.15, 0.2) is 5.78 Å². The number of esters is 1. The SMILES string of the molecule is CCOC(=O)C(Cc1ccc(Cl)cc1Cl)(Cc1ccc(Cl)cc1Cl)C(=O)/C=C\N(C)C. The fraction of sp³-hybridized carbons (Fsp3) is 0.304. The van der Waals surface area contributed by atoms with Gasteiger partial charge in [0.25, 0.3) is 0 Å². The minimum Gasteiger partial charge on any atom is -0.465 e. The first kappa shape index (κ1) is 25.5. The molecule has 0 fully saturated rings. The van der Waals surface area contributed by atoms with Crippen molar-refractivity contribution in [2.45, 2.75) is 19.8 Å². The van der Waals surface area contributed by atoms with Gasteiger partial charge in [-0.15, -0.1) is 0 Å². The third-order valence-corrected chi connectivity index (χ3v) is 5.85. The minimum atomic E-state index is -1.59. The maximum atomic E-state index is 13.5. The molecule has 31 heavy (non-hydrogen) atoms. The molecule has 0 atom stereocenters. The molecule has 0 saturated heterocycles. The Morgan fingerprint density at radius 2 is 1.42 bits per heavy atom. The molecular weight excluding hydrogens is 480 g/mol. The van der Waals surface area contributed by atoms with Crippen LogP contribution >= 0.6 is 46.4 Å². The van der Waals surface area contributed by atoms with Gasteiger partial charge in [0, 0.05) is 40.4 Å². The van der Waals surface area contributed by atoms with E-state index in [0.717, 1.165) is 0 Å². The third kappa shape index (κ3) is 6.63. The Kier molecular flexibility index (Phi) is 9.26. The molecular formula is C23H23Cl4NO3. The topological polar surface area (TPSA) is 46.6 Å². The van der Waals surface area contributed by atoms with Crippen LogP contribution in [0, 0.1) is 5.41 Å². The molecule has 0 aliphatic carbocycles. The van der Waals surface area contributed by atoms with Crippen LogP contribution in [0.4, 0.5) is 0 Å². The van der Waals surface area contributed by atoms with Crippen molar-refractivity contribution in [1.29, 1.82) is 0 Å². The zero-order chi connectivity index (χ0) is 23.2. The van der Waals surface area contributed by atoms with E-state index in [1.165, 1.54) is 6.08 Å². The van der Waals surface area contributed by atoms with Crippen LogP contribution < -0.4 is 0 Å². The summed E-state index contributed by atoms with van der Waals surface area (Å²) in [4.78, 5) is 28.5. The van der Waals surface area contributed by atoms with Crippen molar-refractivity contribution < 1.29 is 14.3 Å². The molecule has 0 unspecified atom stereocenters. The Labute approximate surface area is 202 Å². The quantitative estimate of drug-likeness (QED) is 0.230. The van der Waals surface area contributed by atoms with Crippen LogP contribution in [0.3, 0.4) is 0 Å². The summed E-state index contributed by atoms with van der Waals surface area (Å²) in [6.45, 7) is 1.81. The lowest BCUT2D eigenvalue weighted by atomic mass is 9.73. The number of rotatable bonds is 9. The van der Waals surface area contributed by atoms with Crippen molar-refractivity contribution in [2.75, 3.05) is 20.7 Å². The Morgan fingerprint density at radius 3 is 1.81 bits per heavy atom. The fourth-order valence-electron chi connectivity index (χ4n) is 3.11. The van der Waals surface area contributed by atoms with Gasteiger partial charge in [0.1, 0.15) is 5.41 Å². The summed E-state index contributed by atoms with van der Waals surface area (Å²) >= 11 is 24.8. The third-order valence-electron chi connectivity index (χ3n) is 4.68. The molecule has 0 aliphatic rings. The predicted octanol–water partition coefficient (Wildman–Crippen LogP) is 6.28. The van der Waals surface area contributed by atoms with Crippen LogP contribution in [-0.4, -0.2) is 37.4 Å². The second-order valence-corrected chi connectivity index (χ2v) is 8.96. The van der Waals surface area contributed by atoms with Gasteiger partial charge in [-0.2, -0.15) is 0 Å². The lowest BCUT2D eigenvalue weighted by Gasteiger charge is -2.30.